The molecule has 0 aliphatic rings. The number of carbonyl (C=O) groups excluding carboxylic acids is 1. The Morgan fingerprint density at radius 1 is 0.962 bits per heavy atom. The van der Waals surface area contributed by atoms with Crippen molar-refractivity contribution in [2.45, 2.75) is 19.1 Å². The maximum atomic E-state index is 12.8. The fourth-order valence-electron chi connectivity index (χ4n) is 2.58. The van der Waals surface area contributed by atoms with E-state index in [-0.39, 0.29) is 11.7 Å². The van der Waals surface area contributed by atoms with E-state index < -0.39 is 6.04 Å². The molecule has 0 aliphatic heterocycles. The molecule has 3 rings (SSSR count). The zero-order valence-corrected chi connectivity index (χ0v) is 14.2. The van der Waals surface area contributed by atoms with E-state index in [2.05, 4.69) is 20.6 Å². The zero-order chi connectivity index (χ0) is 18.2. The summed E-state index contributed by atoms with van der Waals surface area (Å²) in [6, 6.07) is 13.6. The Morgan fingerprint density at radius 3 is 2.54 bits per heavy atom. The summed E-state index contributed by atoms with van der Waals surface area (Å²) in [5, 5.41) is 15.9. The van der Waals surface area contributed by atoms with Gasteiger partial charge in [-0.25, -0.2) is 0 Å². The molecule has 1 atom stereocenters. The van der Waals surface area contributed by atoms with E-state index in [0.29, 0.717) is 18.7 Å². The molecule has 2 aromatic heterocycles. The van der Waals surface area contributed by atoms with E-state index in [1.165, 1.54) is 0 Å². The van der Waals surface area contributed by atoms with Crippen LogP contribution in [0.5, 0.6) is 5.75 Å². The lowest BCUT2D eigenvalue weighted by molar-refractivity contribution is -0.123. The summed E-state index contributed by atoms with van der Waals surface area (Å²) in [6.07, 6.45) is 6.84. The van der Waals surface area contributed by atoms with E-state index in [4.69, 9.17) is 0 Å². The highest BCUT2D eigenvalue weighted by atomic mass is 16.3. The number of amides is 1. The Labute approximate surface area is 152 Å². The number of nitrogens with one attached hydrogen (secondary N) is 2. The first kappa shape index (κ1) is 17.6. The second-order valence-corrected chi connectivity index (χ2v) is 5.84. The molecule has 0 spiro atoms. The first-order valence-electron chi connectivity index (χ1n) is 8.30. The third-order valence-corrected chi connectivity index (χ3v) is 3.91. The van der Waals surface area contributed by atoms with E-state index in [9.17, 15) is 9.90 Å². The van der Waals surface area contributed by atoms with Crippen LogP contribution in [0.3, 0.4) is 0 Å². The van der Waals surface area contributed by atoms with Crippen LogP contribution in [0.2, 0.25) is 0 Å². The summed E-state index contributed by atoms with van der Waals surface area (Å²) in [4.78, 5) is 20.8. The lowest BCUT2D eigenvalue weighted by Gasteiger charge is -2.19. The molecule has 2 heterocycles. The van der Waals surface area contributed by atoms with E-state index in [1.54, 1.807) is 43.0 Å². The molecule has 6 heteroatoms. The molecule has 0 saturated heterocycles. The van der Waals surface area contributed by atoms with Crippen LogP contribution < -0.4 is 10.6 Å². The summed E-state index contributed by atoms with van der Waals surface area (Å²) < 4.78 is 0. The van der Waals surface area contributed by atoms with Crippen molar-refractivity contribution in [1.82, 2.24) is 20.6 Å². The molecule has 1 unspecified atom stereocenters. The summed E-state index contributed by atoms with van der Waals surface area (Å²) in [5.74, 6) is -0.0473. The van der Waals surface area contributed by atoms with Crippen molar-refractivity contribution in [2.75, 3.05) is 0 Å². The van der Waals surface area contributed by atoms with Crippen molar-refractivity contribution in [2.24, 2.45) is 0 Å². The number of aromatic nitrogens is 2. The normalized spacial score (nSPS) is 11.7. The number of carbonyl (C=O) groups is 1. The molecule has 0 saturated carbocycles. The first-order chi connectivity index (χ1) is 12.7. The van der Waals surface area contributed by atoms with Crippen LogP contribution in [0.25, 0.3) is 0 Å². The molecule has 0 radical (unpaired) electrons. The Balaban J connectivity index is 1.72. The SMILES string of the molecule is O=C(NCc1ccncc1)C(NCc1cccnc1)c1cccc(O)c1. The molecular weight excluding hydrogens is 328 g/mol. The number of hydrogen-bond donors (Lipinski definition) is 3. The molecule has 0 bridgehead atoms. The number of rotatable bonds is 7. The van der Waals surface area contributed by atoms with Gasteiger partial charge in [-0.2, -0.15) is 0 Å². The largest absolute Gasteiger partial charge is 0.508 e. The second-order valence-electron chi connectivity index (χ2n) is 5.84. The van der Waals surface area contributed by atoms with Crippen molar-refractivity contribution in [1.29, 1.82) is 0 Å². The fourth-order valence-corrected chi connectivity index (χ4v) is 2.58. The molecular formula is C20H20N4O2. The van der Waals surface area contributed by atoms with Crippen LogP contribution in [0.15, 0.2) is 73.3 Å². The lowest BCUT2D eigenvalue weighted by Crippen LogP contribution is -2.37. The van der Waals surface area contributed by atoms with Crippen LogP contribution in [0.1, 0.15) is 22.7 Å². The van der Waals surface area contributed by atoms with E-state index >= 15 is 0 Å². The van der Waals surface area contributed by atoms with Crippen LogP contribution >= 0.6 is 0 Å². The number of aromatic hydroxyl groups is 1. The minimum Gasteiger partial charge on any atom is -0.508 e. The van der Waals surface area contributed by atoms with Crippen molar-refractivity contribution >= 4 is 5.91 Å². The molecule has 6 nitrogen and oxygen atoms in total. The number of hydrogen-bond acceptors (Lipinski definition) is 5. The number of pyridine rings is 2. The highest BCUT2D eigenvalue weighted by Gasteiger charge is 2.20. The predicted molar refractivity (Wildman–Crippen MR) is 98.0 cm³/mol. The van der Waals surface area contributed by atoms with Crippen LogP contribution in [-0.2, 0) is 17.9 Å². The van der Waals surface area contributed by atoms with Crippen LogP contribution in [0.4, 0.5) is 0 Å². The number of phenols is 1. The molecule has 1 aromatic carbocycles. The molecule has 3 N–H and O–H groups in total. The summed E-state index contributed by atoms with van der Waals surface area (Å²) in [7, 11) is 0. The molecule has 1 amide bonds. The molecule has 3 aromatic rings. The monoisotopic (exact) mass is 348 g/mol. The highest BCUT2D eigenvalue weighted by Crippen LogP contribution is 2.19. The van der Waals surface area contributed by atoms with Crippen molar-refractivity contribution in [3.63, 3.8) is 0 Å². The average molecular weight is 348 g/mol. The minimum absolute atomic E-state index is 0.123. The molecule has 26 heavy (non-hydrogen) atoms. The molecule has 132 valence electrons. The van der Waals surface area contributed by atoms with Gasteiger partial charge in [-0.3, -0.25) is 20.1 Å². The second kappa shape index (κ2) is 8.73. The lowest BCUT2D eigenvalue weighted by atomic mass is 10.0. The third-order valence-electron chi connectivity index (χ3n) is 3.91. The van der Waals surface area contributed by atoms with Gasteiger partial charge in [-0.15, -0.1) is 0 Å². The molecule has 0 fully saturated rings. The number of benzene rings is 1. The predicted octanol–water partition coefficient (Wildman–Crippen LogP) is 2.33. The quantitative estimate of drug-likeness (QED) is 0.610. The van der Waals surface area contributed by atoms with Gasteiger partial charge in [0.05, 0.1) is 0 Å². The van der Waals surface area contributed by atoms with Gasteiger partial charge in [0.1, 0.15) is 11.8 Å². The number of phenolic OH excluding ortho intramolecular Hbond substituents is 1. The third kappa shape index (κ3) is 4.87. The standard InChI is InChI=1S/C20H20N4O2/c25-18-5-1-4-17(11-18)19(23-14-16-3-2-8-22-12-16)20(26)24-13-15-6-9-21-10-7-15/h1-12,19,23,25H,13-14H2,(H,24,26). The van der Waals surface area contributed by atoms with Gasteiger partial charge in [0.25, 0.3) is 0 Å². The first-order valence-corrected chi connectivity index (χ1v) is 8.30. The van der Waals surface area contributed by atoms with Gasteiger partial charge >= 0.3 is 0 Å². The summed E-state index contributed by atoms with van der Waals surface area (Å²) in [6.45, 7) is 0.891. The van der Waals surface area contributed by atoms with E-state index in [0.717, 1.165) is 11.1 Å². The number of nitrogens with zero attached hydrogens (tertiary/aromatic N) is 2. The van der Waals surface area contributed by atoms with Gasteiger partial charge in [0, 0.05) is 37.9 Å². The van der Waals surface area contributed by atoms with Crippen molar-refractivity contribution < 1.29 is 9.90 Å². The van der Waals surface area contributed by atoms with Crippen molar-refractivity contribution in [3.8, 4) is 5.75 Å². The molecule has 0 aliphatic carbocycles. The zero-order valence-electron chi connectivity index (χ0n) is 14.2. The Bertz CT molecular complexity index is 841. The maximum absolute atomic E-state index is 12.8. The average Bonchev–Trinajstić information content (AvgIpc) is 2.68. The van der Waals surface area contributed by atoms with Crippen LogP contribution in [0, 0.1) is 0 Å². The van der Waals surface area contributed by atoms with Gasteiger partial charge in [0.2, 0.25) is 5.91 Å². The van der Waals surface area contributed by atoms with Gasteiger partial charge in [-0.05, 0) is 47.0 Å². The Kier molecular flexibility index (Phi) is 5.90. The van der Waals surface area contributed by atoms with Crippen LogP contribution in [-0.4, -0.2) is 21.0 Å². The Morgan fingerprint density at radius 2 is 1.81 bits per heavy atom. The van der Waals surface area contributed by atoms with E-state index in [1.807, 2.05) is 30.3 Å². The maximum Gasteiger partial charge on any atom is 0.242 e. The Hall–Kier alpha value is -3.25. The van der Waals surface area contributed by atoms with Gasteiger partial charge < -0.3 is 10.4 Å². The summed E-state index contributed by atoms with van der Waals surface area (Å²) in [5.41, 5.74) is 2.64. The minimum atomic E-state index is -0.593. The topological polar surface area (TPSA) is 87.1 Å². The smallest absolute Gasteiger partial charge is 0.242 e. The van der Waals surface area contributed by atoms with Crippen molar-refractivity contribution in [3.05, 3.63) is 90.0 Å². The summed E-state index contributed by atoms with van der Waals surface area (Å²) >= 11 is 0. The van der Waals surface area contributed by atoms with Gasteiger partial charge in [-0.1, -0.05) is 18.2 Å². The van der Waals surface area contributed by atoms with Gasteiger partial charge in [0.15, 0.2) is 0 Å². The fraction of sp³-hybridized carbons (Fsp3) is 0.150. The highest BCUT2D eigenvalue weighted by molar-refractivity contribution is 5.83.